The Balaban J connectivity index is 1.19. The highest BCUT2D eigenvalue weighted by molar-refractivity contribution is 5.99. The fraction of sp³-hybridized carbons (Fsp3) is 0.0612. The first-order chi connectivity index (χ1) is 25.7. The van der Waals surface area contributed by atoms with Gasteiger partial charge in [-0.15, -0.1) is 0 Å². The number of anilines is 3. The minimum atomic E-state index is -0.315. The highest BCUT2D eigenvalue weighted by atomic mass is 16.5. The molecule has 2 atom stereocenters. The van der Waals surface area contributed by atoms with E-state index < -0.39 is 0 Å². The molecule has 0 saturated heterocycles. The van der Waals surface area contributed by atoms with Crippen molar-refractivity contribution in [3.05, 3.63) is 228 Å². The van der Waals surface area contributed by atoms with E-state index in [1.54, 1.807) is 0 Å². The Kier molecular flexibility index (Phi) is 8.32. The average Bonchev–Trinajstić information content (AvgIpc) is 3.21. The Labute approximate surface area is 305 Å². The van der Waals surface area contributed by atoms with Crippen molar-refractivity contribution in [1.82, 2.24) is 0 Å². The minimum absolute atomic E-state index is 0.0706. The number of hydrogen-bond donors (Lipinski definition) is 1. The smallest absolute Gasteiger partial charge is 0.108 e. The molecule has 0 spiro atoms. The van der Waals surface area contributed by atoms with E-state index in [2.05, 4.69) is 187 Å². The van der Waals surface area contributed by atoms with E-state index in [1.165, 1.54) is 49.7 Å². The summed E-state index contributed by atoms with van der Waals surface area (Å²) in [5, 5.41) is 2.42. The van der Waals surface area contributed by atoms with E-state index in [0.717, 1.165) is 28.3 Å². The van der Waals surface area contributed by atoms with E-state index in [0.29, 0.717) is 6.61 Å². The summed E-state index contributed by atoms with van der Waals surface area (Å²) in [6.07, 6.45) is 6.20. The van der Waals surface area contributed by atoms with Gasteiger partial charge < -0.3 is 15.4 Å². The van der Waals surface area contributed by atoms with Crippen molar-refractivity contribution >= 4 is 33.4 Å². The van der Waals surface area contributed by atoms with Crippen LogP contribution in [0.1, 0.15) is 28.2 Å². The van der Waals surface area contributed by atoms with Crippen LogP contribution in [0, 0.1) is 0 Å². The molecule has 0 radical (unpaired) electrons. The van der Waals surface area contributed by atoms with Crippen LogP contribution >= 0.6 is 0 Å². The quantitative estimate of drug-likeness (QED) is 0.175. The van der Waals surface area contributed by atoms with E-state index in [-0.39, 0.29) is 12.0 Å². The van der Waals surface area contributed by atoms with Gasteiger partial charge in [0.05, 0.1) is 6.61 Å². The van der Waals surface area contributed by atoms with Crippen LogP contribution in [-0.2, 0) is 11.3 Å². The molecule has 7 aromatic rings. The lowest BCUT2D eigenvalue weighted by atomic mass is 9.72. The zero-order valence-corrected chi connectivity index (χ0v) is 28.8. The first kappa shape index (κ1) is 31.6. The highest BCUT2D eigenvalue weighted by Crippen LogP contribution is 2.48. The third-order valence-electron chi connectivity index (χ3n) is 10.3. The molecule has 0 bridgehead atoms. The van der Waals surface area contributed by atoms with Crippen LogP contribution in [0.4, 0.5) is 17.1 Å². The van der Waals surface area contributed by atoms with Gasteiger partial charge in [0.1, 0.15) is 6.10 Å². The Hall–Kier alpha value is -6.42. The maximum atomic E-state index is 6.80. The van der Waals surface area contributed by atoms with Crippen molar-refractivity contribution in [2.75, 3.05) is 4.90 Å². The molecule has 9 rings (SSSR count). The molecular formula is C49H38N2O. The zero-order valence-electron chi connectivity index (χ0n) is 28.8. The monoisotopic (exact) mass is 670 g/mol. The van der Waals surface area contributed by atoms with E-state index in [1.807, 2.05) is 12.1 Å². The summed E-state index contributed by atoms with van der Waals surface area (Å²) in [5.41, 5.74) is 20.3. The summed E-state index contributed by atoms with van der Waals surface area (Å²) in [6, 6.07) is 62.5. The van der Waals surface area contributed by atoms with Gasteiger partial charge in [0, 0.05) is 28.7 Å². The molecule has 0 amide bonds. The van der Waals surface area contributed by atoms with Gasteiger partial charge >= 0.3 is 0 Å². The summed E-state index contributed by atoms with van der Waals surface area (Å²) < 4.78 is 6.74. The molecule has 2 unspecified atom stereocenters. The summed E-state index contributed by atoms with van der Waals surface area (Å²) in [5.74, 6) is -0.0706. The predicted molar refractivity (Wildman–Crippen MR) is 216 cm³/mol. The Morgan fingerprint density at radius 3 is 1.94 bits per heavy atom. The Bertz CT molecular complexity index is 2470. The first-order valence-corrected chi connectivity index (χ1v) is 17.9. The van der Waals surface area contributed by atoms with Gasteiger partial charge in [0.25, 0.3) is 0 Å². The van der Waals surface area contributed by atoms with Gasteiger partial charge in [-0.3, -0.25) is 0 Å². The maximum Gasteiger partial charge on any atom is 0.108 e. The number of nitrogens with zero attached hydrogens (tertiary/aromatic N) is 1. The van der Waals surface area contributed by atoms with Crippen LogP contribution in [0.5, 0.6) is 0 Å². The maximum absolute atomic E-state index is 6.80. The van der Waals surface area contributed by atoms with Gasteiger partial charge in [-0.2, -0.15) is 0 Å². The first-order valence-electron chi connectivity index (χ1n) is 17.9. The lowest BCUT2D eigenvalue weighted by molar-refractivity contribution is 0.0516. The van der Waals surface area contributed by atoms with Gasteiger partial charge in [-0.25, -0.2) is 0 Å². The molecule has 2 aliphatic rings. The molecule has 7 aromatic carbocycles. The highest BCUT2D eigenvalue weighted by Gasteiger charge is 2.36. The fourth-order valence-corrected chi connectivity index (χ4v) is 7.79. The number of fused-ring (bicyclic) bond motifs is 4. The molecule has 250 valence electrons. The standard InChI is InChI=1S/C49H38N2O/c50-47-29-24-38-31-45(36-18-9-3-10-19-36)44-28-26-41(32-46(44)48(38)49(47)52-33-34-14-5-1-6-15-34)51(39-21-11-4-12-22-39)40-25-27-43-37(30-40)20-13-23-42(43)35-16-7-2-8-17-35/h1-32,48-49H,33,50H2. The molecule has 3 nitrogen and oxygen atoms in total. The van der Waals surface area contributed by atoms with Gasteiger partial charge in [0.15, 0.2) is 0 Å². The van der Waals surface area contributed by atoms with E-state index in [4.69, 9.17) is 10.5 Å². The molecule has 0 aliphatic heterocycles. The SMILES string of the molecule is NC1=CC=C2C=C(c3ccccc3)c3ccc(N(c4ccccc4)c4ccc5c(-c6ccccc6)cccc5c4)cc3C2C1OCc1ccccc1. The molecular weight excluding hydrogens is 633 g/mol. The molecule has 52 heavy (non-hydrogen) atoms. The number of ether oxygens (including phenoxy) is 1. The molecule has 2 aliphatic carbocycles. The third kappa shape index (κ3) is 5.91. The number of benzene rings is 7. The summed E-state index contributed by atoms with van der Waals surface area (Å²) in [6.45, 7) is 0.478. The number of rotatable bonds is 8. The predicted octanol–water partition coefficient (Wildman–Crippen LogP) is 11.9. The van der Waals surface area contributed by atoms with Crippen molar-refractivity contribution in [2.24, 2.45) is 5.73 Å². The number of para-hydroxylation sites is 1. The van der Waals surface area contributed by atoms with Crippen molar-refractivity contribution in [3.8, 4) is 11.1 Å². The number of hydrogen-bond acceptors (Lipinski definition) is 3. The molecule has 2 N–H and O–H groups in total. The largest absolute Gasteiger partial charge is 0.400 e. The Morgan fingerprint density at radius 1 is 0.538 bits per heavy atom. The van der Waals surface area contributed by atoms with Gasteiger partial charge in [0.2, 0.25) is 0 Å². The topological polar surface area (TPSA) is 38.5 Å². The normalized spacial score (nSPS) is 16.3. The second-order valence-electron chi connectivity index (χ2n) is 13.5. The van der Waals surface area contributed by atoms with Crippen molar-refractivity contribution < 1.29 is 4.74 Å². The van der Waals surface area contributed by atoms with Crippen molar-refractivity contribution in [1.29, 1.82) is 0 Å². The molecule has 0 heterocycles. The van der Waals surface area contributed by atoms with Crippen LogP contribution in [0.15, 0.2) is 205 Å². The number of allylic oxidation sites excluding steroid dienone is 3. The zero-order chi connectivity index (χ0) is 34.9. The molecule has 0 aromatic heterocycles. The third-order valence-corrected chi connectivity index (χ3v) is 10.3. The lowest BCUT2D eigenvalue weighted by Crippen LogP contribution is -2.33. The van der Waals surface area contributed by atoms with Crippen LogP contribution in [0.2, 0.25) is 0 Å². The van der Waals surface area contributed by atoms with Crippen LogP contribution in [0.25, 0.3) is 27.5 Å². The van der Waals surface area contributed by atoms with Crippen LogP contribution < -0.4 is 10.6 Å². The lowest BCUT2D eigenvalue weighted by Gasteiger charge is -2.37. The van der Waals surface area contributed by atoms with Crippen LogP contribution in [-0.4, -0.2) is 6.10 Å². The van der Waals surface area contributed by atoms with Crippen molar-refractivity contribution in [2.45, 2.75) is 18.6 Å². The summed E-state index contributed by atoms with van der Waals surface area (Å²) in [7, 11) is 0. The fourth-order valence-electron chi connectivity index (χ4n) is 7.79. The van der Waals surface area contributed by atoms with E-state index in [9.17, 15) is 0 Å². The van der Waals surface area contributed by atoms with E-state index >= 15 is 0 Å². The molecule has 3 heteroatoms. The van der Waals surface area contributed by atoms with Gasteiger partial charge in [-0.1, -0.05) is 146 Å². The average molecular weight is 671 g/mol. The minimum Gasteiger partial charge on any atom is -0.400 e. The summed E-state index contributed by atoms with van der Waals surface area (Å²) in [4.78, 5) is 2.36. The second-order valence-corrected chi connectivity index (χ2v) is 13.5. The summed E-state index contributed by atoms with van der Waals surface area (Å²) >= 11 is 0. The molecule has 0 fully saturated rings. The second kappa shape index (κ2) is 13.7. The van der Waals surface area contributed by atoms with Gasteiger partial charge in [-0.05, 0) is 104 Å². The van der Waals surface area contributed by atoms with Crippen molar-refractivity contribution in [3.63, 3.8) is 0 Å². The molecule has 0 saturated carbocycles. The van der Waals surface area contributed by atoms with Crippen LogP contribution in [0.3, 0.4) is 0 Å². The Morgan fingerprint density at radius 2 is 1.19 bits per heavy atom. The number of nitrogens with two attached hydrogens (primary N) is 1.